The third-order valence-corrected chi connectivity index (χ3v) is 2.92. The number of carbonyl (C=O) groups is 1. The summed E-state index contributed by atoms with van der Waals surface area (Å²) in [4.78, 5) is 15.0. The third kappa shape index (κ3) is 3.39. The van der Waals surface area contributed by atoms with E-state index in [0.717, 1.165) is 11.3 Å². The van der Waals surface area contributed by atoms with Crippen molar-refractivity contribution >= 4 is 17.2 Å². The number of nitrogens with zero attached hydrogens (tertiary/aromatic N) is 1. The van der Waals surface area contributed by atoms with Crippen LogP contribution in [0.4, 0.5) is 0 Å². The van der Waals surface area contributed by atoms with Gasteiger partial charge in [0.05, 0.1) is 5.69 Å². The molecule has 0 aliphatic carbocycles. The van der Waals surface area contributed by atoms with Crippen LogP contribution in [0.3, 0.4) is 0 Å². The van der Waals surface area contributed by atoms with E-state index in [1.807, 2.05) is 50.4 Å². The van der Waals surface area contributed by atoms with E-state index in [0.29, 0.717) is 5.01 Å². The van der Waals surface area contributed by atoms with Crippen molar-refractivity contribution in [3.05, 3.63) is 40.2 Å². The van der Waals surface area contributed by atoms with Crippen molar-refractivity contribution in [1.29, 1.82) is 0 Å². The highest BCUT2D eigenvalue weighted by atomic mass is 32.1. The van der Waals surface area contributed by atoms with Gasteiger partial charge >= 0.3 is 0 Å². The maximum absolute atomic E-state index is 10.9. The molecule has 0 saturated heterocycles. The van der Waals surface area contributed by atoms with Crippen LogP contribution in [0.25, 0.3) is 11.3 Å². The second-order valence-corrected chi connectivity index (χ2v) is 4.13. The van der Waals surface area contributed by atoms with E-state index >= 15 is 0 Å². The van der Waals surface area contributed by atoms with Gasteiger partial charge in [0.25, 0.3) is 5.91 Å². The predicted molar refractivity (Wildman–Crippen MR) is 72.2 cm³/mol. The molecule has 2 rings (SSSR count). The first-order valence-electron chi connectivity index (χ1n) is 5.49. The summed E-state index contributed by atoms with van der Waals surface area (Å²) in [5, 5.41) is 2.19. The van der Waals surface area contributed by atoms with Crippen LogP contribution in [-0.4, -0.2) is 10.9 Å². The lowest BCUT2D eigenvalue weighted by Crippen LogP contribution is -2.10. The van der Waals surface area contributed by atoms with Crippen LogP contribution in [0.5, 0.6) is 0 Å². The molecule has 17 heavy (non-hydrogen) atoms. The van der Waals surface area contributed by atoms with E-state index in [-0.39, 0.29) is 0 Å². The summed E-state index contributed by atoms with van der Waals surface area (Å²) >= 11 is 1.27. The summed E-state index contributed by atoms with van der Waals surface area (Å²) in [5.41, 5.74) is 8.14. The number of nitrogens with two attached hydrogens (primary N) is 1. The van der Waals surface area contributed by atoms with Crippen molar-refractivity contribution < 1.29 is 4.79 Å². The topological polar surface area (TPSA) is 56.0 Å². The molecule has 1 aromatic carbocycles. The van der Waals surface area contributed by atoms with Gasteiger partial charge < -0.3 is 5.73 Å². The fourth-order valence-corrected chi connectivity index (χ4v) is 1.92. The zero-order chi connectivity index (χ0) is 12.8. The van der Waals surface area contributed by atoms with Gasteiger partial charge in [-0.05, 0) is 6.92 Å². The quantitative estimate of drug-likeness (QED) is 0.887. The van der Waals surface area contributed by atoms with Crippen molar-refractivity contribution in [1.82, 2.24) is 4.98 Å². The first-order valence-corrected chi connectivity index (χ1v) is 6.37. The normalized spacial score (nSPS) is 9.35. The number of thiazole rings is 1. The lowest BCUT2D eigenvalue weighted by molar-refractivity contribution is 0.1000. The first-order chi connectivity index (χ1) is 8.16. The number of hydrogen-bond donors (Lipinski definition) is 1. The Morgan fingerprint density at radius 2 is 1.82 bits per heavy atom. The minimum absolute atomic E-state index is 0.352. The molecule has 0 aliphatic heterocycles. The van der Waals surface area contributed by atoms with Crippen LogP contribution in [0.2, 0.25) is 0 Å². The Hall–Kier alpha value is -1.68. The molecular formula is C13H16N2OS. The Balaban J connectivity index is 0.000000686. The molecule has 0 spiro atoms. The molecule has 3 nitrogen and oxygen atoms in total. The van der Waals surface area contributed by atoms with Gasteiger partial charge in [-0.15, -0.1) is 11.3 Å². The highest BCUT2D eigenvalue weighted by molar-refractivity contribution is 7.12. The Labute approximate surface area is 105 Å². The number of aromatic nitrogens is 1. The average molecular weight is 248 g/mol. The van der Waals surface area contributed by atoms with Gasteiger partial charge in [-0.3, -0.25) is 4.79 Å². The average Bonchev–Trinajstić information content (AvgIpc) is 2.82. The van der Waals surface area contributed by atoms with Crippen LogP contribution in [0, 0.1) is 6.92 Å². The SMILES string of the molecule is CC.Cc1ccc(-c2csc(C(N)=O)n2)cc1. The van der Waals surface area contributed by atoms with E-state index in [2.05, 4.69) is 4.98 Å². The summed E-state index contributed by atoms with van der Waals surface area (Å²) in [5.74, 6) is -0.474. The molecule has 0 atom stereocenters. The molecule has 0 bridgehead atoms. The summed E-state index contributed by atoms with van der Waals surface area (Å²) in [7, 11) is 0. The molecule has 0 unspecified atom stereocenters. The van der Waals surface area contributed by atoms with E-state index in [9.17, 15) is 4.79 Å². The minimum Gasteiger partial charge on any atom is -0.364 e. The fourth-order valence-electron chi connectivity index (χ4n) is 1.24. The van der Waals surface area contributed by atoms with Crippen LogP contribution in [-0.2, 0) is 0 Å². The summed E-state index contributed by atoms with van der Waals surface area (Å²) in [6.07, 6.45) is 0. The first kappa shape index (κ1) is 13.4. The maximum Gasteiger partial charge on any atom is 0.277 e. The summed E-state index contributed by atoms with van der Waals surface area (Å²) in [6.45, 7) is 6.03. The van der Waals surface area contributed by atoms with Gasteiger partial charge in [-0.25, -0.2) is 4.98 Å². The zero-order valence-corrected chi connectivity index (χ0v) is 11.0. The standard InChI is InChI=1S/C11H10N2OS.C2H6/c1-7-2-4-8(5-3-7)9-6-15-11(13-9)10(12)14;1-2/h2-6H,1H3,(H2,12,14);1-2H3. The molecule has 0 radical (unpaired) electrons. The van der Waals surface area contributed by atoms with Gasteiger partial charge in [0.2, 0.25) is 0 Å². The van der Waals surface area contributed by atoms with E-state index in [4.69, 9.17) is 5.73 Å². The monoisotopic (exact) mass is 248 g/mol. The van der Waals surface area contributed by atoms with Crippen molar-refractivity contribution in [2.24, 2.45) is 5.73 Å². The van der Waals surface area contributed by atoms with Gasteiger partial charge in [-0.2, -0.15) is 0 Å². The van der Waals surface area contributed by atoms with Crippen molar-refractivity contribution in [3.8, 4) is 11.3 Å². The smallest absolute Gasteiger partial charge is 0.277 e. The lowest BCUT2D eigenvalue weighted by atomic mass is 10.1. The van der Waals surface area contributed by atoms with Crippen molar-refractivity contribution in [3.63, 3.8) is 0 Å². The van der Waals surface area contributed by atoms with Crippen LogP contribution < -0.4 is 5.73 Å². The number of carbonyl (C=O) groups excluding carboxylic acids is 1. The van der Waals surface area contributed by atoms with Crippen LogP contribution in [0.15, 0.2) is 29.6 Å². The predicted octanol–water partition coefficient (Wildman–Crippen LogP) is 3.24. The van der Waals surface area contributed by atoms with Gasteiger partial charge in [0.15, 0.2) is 5.01 Å². The number of aryl methyl sites for hydroxylation is 1. The molecule has 0 saturated carbocycles. The zero-order valence-electron chi connectivity index (χ0n) is 10.2. The third-order valence-electron chi connectivity index (χ3n) is 2.06. The van der Waals surface area contributed by atoms with Gasteiger partial charge in [0, 0.05) is 10.9 Å². The summed E-state index contributed by atoms with van der Waals surface area (Å²) in [6, 6.07) is 7.99. The molecule has 1 aromatic heterocycles. The Morgan fingerprint density at radius 1 is 1.24 bits per heavy atom. The second-order valence-electron chi connectivity index (χ2n) is 3.27. The molecule has 90 valence electrons. The van der Waals surface area contributed by atoms with E-state index in [1.54, 1.807) is 0 Å². The van der Waals surface area contributed by atoms with Crippen molar-refractivity contribution in [2.75, 3.05) is 0 Å². The number of amides is 1. The molecule has 1 heterocycles. The molecule has 2 N–H and O–H groups in total. The second kappa shape index (κ2) is 6.15. The number of benzene rings is 1. The lowest BCUT2D eigenvalue weighted by Gasteiger charge is -1.96. The molecule has 2 aromatic rings. The van der Waals surface area contributed by atoms with Gasteiger partial charge in [0.1, 0.15) is 0 Å². The molecule has 4 heteroatoms. The van der Waals surface area contributed by atoms with Crippen molar-refractivity contribution in [2.45, 2.75) is 20.8 Å². The minimum atomic E-state index is -0.474. The molecule has 0 aliphatic rings. The Kier molecular flexibility index (Phi) is 4.84. The van der Waals surface area contributed by atoms with Crippen LogP contribution in [0.1, 0.15) is 29.2 Å². The molecular weight excluding hydrogens is 232 g/mol. The molecule has 1 amide bonds. The Morgan fingerprint density at radius 3 is 2.29 bits per heavy atom. The number of hydrogen-bond acceptors (Lipinski definition) is 3. The largest absolute Gasteiger partial charge is 0.364 e. The Bertz CT molecular complexity index is 488. The number of primary amides is 1. The number of rotatable bonds is 2. The van der Waals surface area contributed by atoms with Crippen LogP contribution >= 0.6 is 11.3 Å². The highest BCUT2D eigenvalue weighted by Crippen LogP contribution is 2.21. The fraction of sp³-hybridized carbons (Fsp3) is 0.231. The summed E-state index contributed by atoms with van der Waals surface area (Å²) < 4.78 is 0. The maximum atomic E-state index is 10.9. The molecule has 0 fully saturated rings. The van der Waals surface area contributed by atoms with Gasteiger partial charge in [-0.1, -0.05) is 43.7 Å². The van der Waals surface area contributed by atoms with E-state index in [1.165, 1.54) is 16.9 Å². The van der Waals surface area contributed by atoms with E-state index < -0.39 is 5.91 Å². The highest BCUT2D eigenvalue weighted by Gasteiger charge is 2.07.